The van der Waals surface area contributed by atoms with Crippen LogP contribution >= 0.6 is 15.9 Å². The van der Waals surface area contributed by atoms with Crippen LogP contribution in [0.1, 0.15) is 22.8 Å². The number of hydrogen-bond acceptors (Lipinski definition) is 4. The minimum Gasteiger partial charge on any atom is -0.478 e. The van der Waals surface area contributed by atoms with Crippen LogP contribution in [0.25, 0.3) is 0 Å². The van der Waals surface area contributed by atoms with Gasteiger partial charge in [-0.1, -0.05) is 22.0 Å². The van der Waals surface area contributed by atoms with Crippen molar-refractivity contribution in [2.24, 2.45) is 0 Å². The minimum absolute atomic E-state index is 0.139. The zero-order chi connectivity index (χ0) is 14.9. The number of carbonyl (C=O) groups excluding carboxylic acids is 2. The molecule has 1 atom stereocenters. The van der Waals surface area contributed by atoms with Crippen LogP contribution in [0.15, 0.2) is 22.7 Å². The number of nitrogens with zero attached hydrogens (tertiary/aromatic N) is 1. The number of aromatic carboxylic acids is 1. The number of piperazine rings is 1. The van der Waals surface area contributed by atoms with Gasteiger partial charge in [0.05, 0.1) is 18.2 Å². The van der Waals surface area contributed by atoms with Gasteiger partial charge in [-0.2, -0.15) is 0 Å². The molecule has 106 valence electrons. The van der Waals surface area contributed by atoms with Crippen molar-refractivity contribution in [3.8, 4) is 0 Å². The van der Waals surface area contributed by atoms with Crippen molar-refractivity contribution in [2.45, 2.75) is 19.5 Å². The predicted octanol–water partition coefficient (Wildman–Crippen LogP) is 0.994. The first-order valence-corrected chi connectivity index (χ1v) is 6.77. The van der Waals surface area contributed by atoms with Crippen molar-refractivity contribution in [2.75, 3.05) is 6.54 Å². The molecule has 20 heavy (non-hydrogen) atoms. The van der Waals surface area contributed by atoms with Crippen LogP contribution in [0.5, 0.6) is 0 Å². The molecule has 0 bridgehead atoms. The van der Waals surface area contributed by atoms with Gasteiger partial charge in [-0.05, 0) is 24.6 Å². The summed E-state index contributed by atoms with van der Waals surface area (Å²) in [6, 6.07) is 4.28. The van der Waals surface area contributed by atoms with Crippen LogP contribution in [-0.2, 0) is 16.1 Å². The van der Waals surface area contributed by atoms with E-state index >= 15 is 0 Å². The SMILES string of the molecule is CC1C(=O)NC(=O)CN1Cc1ccc(C(=O)O)cc1Br. The maximum Gasteiger partial charge on any atom is 0.335 e. The average molecular weight is 341 g/mol. The standard InChI is InChI=1S/C13H13BrN2O4/c1-7-12(18)15-11(17)6-16(7)5-9-3-2-8(13(19)20)4-10(9)14/h2-4,7H,5-6H2,1H3,(H,19,20)(H,15,17,18). The quantitative estimate of drug-likeness (QED) is 0.801. The molecule has 1 aromatic rings. The second kappa shape index (κ2) is 5.72. The van der Waals surface area contributed by atoms with Gasteiger partial charge in [0.2, 0.25) is 11.8 Å². The summed E-state index contributed by atoms with van der Waals surface area (Å²) < 4.78 is 0.642. The van der Waals surface area contributed by atoms with Gasteiger partial charge in [0, 0.05) is 11.0 Å². The summed E-state index contributed by atoms with van der Waals surface area (Å²) in [7, 11) is 0. The van der Waals surface area contributed by atoms with Crippen molar-refractivity contribution in [3.63, 3.8) is 0 Å². The van der Waals surface area contributed by atoms with Gasteiger partial charge in [-0.15, -0.1) is 0 Å². The second-order valence-corrected chi connectivity index (χ2v) is 5.46. The van der Waals surface area contributed by atoms with E-state index in [9.17, 15) is 14.4 Å². The van der Waals surface area contributed by atoms with Gasteiger partial charge in [-0.3, -0.25) is 19.8 Å². The van der Waals surface area contributed by atoms with Crippen LogP contribution in [0.2, 0.25) is 0 Å². The number of hydrogen-bond donors (Lipinski definition) is 2. The van der Waals surface area contributed by atoms with Crippen molar-refractivity contribution in [3.05, 3.63) is 33.8 Å². The molecule has 2 amide bonds. The summed E-state index contributed by atoms with van der Waals surface area (Å²) >= 11 is 3.32. The van der Waals surface area contributed by atoms with Crippen molar-refractivity contribution in [1.82, 2.24) is 10.2 Å². The van der Waals surface area contributed by atoms with E-state index in [2.05, 4.69) is 21.2 Å². The molecule has 1 aliphatic heterocycles. The topological polar surface area (TPSA) is 86.7 Å². The third kappa shape index (κ3) is 3.05. The van der Waals surface area contributed by atoms with E-state index in [0.29, 0.717) is 11.0 Å². The zero-order valence-electron chi connectivity index (χ0n) is 10.7. The average Bonchev–Trinajstić information content (AvgIpc) is 2.37. The largest absolute Gasteiger partial charge is 0.478 e. The number of nitrogens with one attached hydrogen (secondary N) is 1. The Hall–Kier alpha value is -1.73. The van der Waals surface area contributed by atoms with Crippen molar-refractivity contribution < 1.29 is 19.5 Å². The summed E-state index contributed by atoms with van der Waals surface area (Å²) in [6.45, 7) is 2.25. The van der Waals surface area contributed by atoms with E-state index in [1.54, 1.807) is 17.9 Å². The molecule has 6 nitrogen and oxygen atoms in total. The Morgan fingerprint density at radius 3 is 2.80 bits per heavy atom. The van der Waals surface area contributed by atoms with E-state index < -0.39 is 12.0 Å². The van der Waals surface area contributed by atoms with Crippen LogP contribution in [0.4, 0.5) is 0 Å². The van der Waals surface area contributed by atoms with Crippen molar-refractivity contribution >= 4 is 33.7 Å². The molecule has 1 unspecified atom stereocenters. The van der Waals surface area contributed by atoms with Crippen molar-refractivity contribution in [1.29, 1.82) is 0 Å². The zero-order valence-corrected chi connectivity index (χ0v) is 12.3. The highest BCUT2D eigenvalue weighted by molar-refractivity contribution is 9.10. The number of carboxylic acids is 1. The molecule has 7 heteroatoms. The van der Waals surface area contributed by atoms with E-state index in [4.69, 9.17) is 5.11 Å². The molecule has 1 aliphatic rings. The first-order chi connectivity index (χ1) is 9.38. The first-order valence-electron chi connectivity index (χ1n) is 5.98. The van der Waals surface area contributed by atoms with Crippen LogP contribution in [-0.4, -0.2) is 40.4 Å². The smallest absolute Gasteiger partial charge is 0.335 e. The molecule has 0 aromatic heterocycles. The van der Waals surface area contributed by atoms with Gasteiger partial charge in [-0.25, -0.2) is 4.79 Å². The lowest BCUT2D eigenvalue weighted by molar-refractivity contribution is -0.139. The molecule has 2 N–H and O–H groups in total. The summed E-state index contributed by atoms with van der Waals surface area (Å²) in [6.07, 6.45) is 0. The molecular formula is C13H13BrN2O4. The van der Waals surface area contributed by atoms with Gasteiger partial charge in [0.1, 0.15) is 0 Å². The molecule has 1 aromatic carbocycles. The maximum absolute atomic E-state index is 11.6. The Morgan fingerprint density at radius 2 is 2.20 bits per heavy atom. The van der Waals surface area contributed by atoms with Gasteiger partial charge >= 0.3 is 5.97 Å². The second-order valence-electron chi connectivity index (χ2n) is 4.60. The van der Waals surface area contributed by atoms with E-state index in [0.717, 1.165) is 5.56 Å². The number of halogens is 1. The Bertz CT molecular complexity index is 588. The predicted molar refractivity (Wildman–Crippen MR) is 74.1 cm³/mol. The fraction of sp³-hybridized carbons (Fsp3) is 0.308. The molecule has 0 radical (unpaired) electrons. The number of carboxylic acid groups (broad SMARTS) is 1. The Labute approximate surface area is 123 Å². The molecule has 1 saturated heterocycles. The van der Waals surface area contributed by atoms with Crippen LogP contribution in [0, 0.1) is 0 Å². The number of imide groups is 1. The minimum atomic E-state index is -1.00. The number of rotatable bonds is 3. The van der Waals surface area contributed by atoms with E-state index in [1.165, 1.54) is 12.1 Å². The lowest BCUT2D eigenvalue weighted by atomic mass is 10.1. The summed E-state index contributed by atoms with van der Waals surface area (Å²) in [5.74, 6) is -1.65. The molecular weight excluding hydrogens is 328 g/mol. The monoisotopic (exact) mass is 340 g/mol. The summed E-state index contributed by atoms with van der Waals surface area (Å²) in [5.41, 5.74) is 1.01. The van der Waals surface area contributed by atoms with Gasteiger partial charge in [0.25, 0.3) is 0 Å². The molecule has 0 aliphatic carbocycles. The third-order valence-electron chi connectivity index (χ3n) is 3.21. The molecule has 0 saturated carbocycles. The highest BCUT2D eigenvalue weighted by atomic mass is 79.9. The Kier molecular flexibility index (Phi) is 4.20. The molecule has 2 rings (SSSR count). The van der Waals surface area contributed by atoms with E-state index in [-0.39, 0.29) is 23.9 Å². The molecule has 1 fully saturated rings. The Balaban J connectivity index is 2.19. The highest BCUT2D eigenvalue weighted by Gasteiger charge is 2.30. The van der Waals surface area contributed by atoms with Gasteiger partial charge < -0.3 is 5.11 Å². The van der Waals surface area contributed by atoms with Crippen LogP contribution < -0.4 is 5.32 Å². The third-order valence-corrected chi connectivity index (χ3v) is 3.95. The number of carbonyl (C=O) groups is 3. The fourth-order valence-electron chi connectivity index (χ4n) is 1.99. The molecule has 1 heterocycles. The first kappa shape index (κ1) is 14.7. The van der Waals surface area contributed by atoms with Gasteiger partial charge in [0.15, 0.2) is 0 Å². The highest BCUT2D eigenvalue weighted by Crippen LogP contribution is 2.22. The lowest BCUT2D eigenvalue weighted by Crippen LogP contribution is -2.56. The number of amides is 2. The normalized spacial score (nSPS) is 19.8. The Morgan fingerprint density at radius 1 is 1.50 bits per heavy atom. The lowest BCUT2D eigenvalue weighted by Gasteiger charge is -2.31. The molecule has 0 spiro atoms. The fourth-order valence-corrected chi connectivity index (χ4v) is 2.49. The summed E-state index contributed by atoms with van der Waals surface area (Å²) in [4.78, 5) is 35.6. The maximum atomic E-state index is 11.6. The number of benzene rings is 1. The summed E-state index contributed by atoms with van der Waals surface area (Å²) in [5, 5.41) is 11.2. The van der Waals surface area contributed by atoms with E-state index in [1.807, 2.05) is 0 Å². The van der Waals surface area contributed by atoms with Crippen LogP contribution in [0.3, 0.4) is 0 Å².